The van der Waals surface area contributed by atoms with Gasteiger partial charge in [0.15, 0.2) is 0 Å². The number of hydrogen-bond acceptors (Lipinski definition) is 2. The van der Waals surface area contributed by atoms with Gasteiger partial charge in [-0.2, -0.15) is 0 Å². The number of anilines is 1. The van der Waals surface area contributed by atoms with Crippen molar-refractivity contribution in [3.05, 3.63) is 29.3 Å². The second kappa shape index (κ2) is 6.03. The van der Waals surface area contributed by atoms with Gasteiger partial charge >= 0.3 is 5.97 Å². The molecule has 0 unspecified atom stereocenters. The van der Waals surface area contributed by atoms with Crippen molar-refractivity contribution in [2.24, 2.45) is 0 Å². The zero-order valence-electron chi connectivity index (χ0n) is 10.1. The first-order chi connectivity index (χ1) is 8.02. The second-order valence-electron chi connectivity index (χ2n) is 3.94. The number of carboxylic acid groups (broad SMARTS) is 1. The van der Waals surface area contributed by atoms with Crippen LogP contribution in [-0.4, -0.2) is 17.0 Å². The molecule has 1 amide bonds. The van der Waals surface area contributed by atoms with Gasteiger partial charge in [-0.3, -0.25) is 9.59 Å². The first-order valence-corrected chi connectivity index (χ1v) is 5.64. The van der Waals surface area contributed by atoms with Crippen molar-refractivity contribution in [2.75, 3.05) is 5.32 Å². The monoisotopic (exact) mass is 235 g/mol. The Kier molecular flexibility index (Phi) is 4.69. The van der Waals surface area contributed by atoms with Crippen LogP contribution in [0.1, 0.15) is 30.9 Å². The summed E-state index contributed by atoms with van der Waals surface area (Å²) in [5, 5.41) is 11.2. The molecule has 0 aliphatic heterocycles. The van der Waals surface area contributed by atoms with Gasteiger partial charge in [0.1, 0.15) is 0 Å². The maximum absolute atomic E-state index is 11.4. The van der Waals surface area contributed by atoms with E-state index in [4.69, 9.17) is 5.11 Å². The SMILES string of the molecule is CCc1cc(NC(=O)CCC(=O)O)ccc1C. The van der Waals surface area contributed by atoms with E-state index in [2.05, 4.69) is 12.2 Å². The zero-order valence-corrected chi connectivity index (χ0v) is 10.1. The largest absolute Gasteiger partial charge is 0.481 e. The molecule has 2 N–H and O–H groups in total. The van der Waals surface area contributed by atoms with Crippen LogP contribution in [0.5, 0.6) is 0 Å². The van der Waals surface area contributed by atoms with Crippen molar-refractivity contribution in [1.82, 2.24) is 0 Å². The van der Waals surface area contributed by atoms with Crippen LogP contribution in [0.3, 0.4) is 0 Å². The van der Waals surface area contributed by atoms with Crippen LogP contribution in [0.2, 0.25) is 0 Å². The summed E-state index contributed by atoms with van der Waals surface area (Å²) in [5.41, 5.74) is 3.10. The average molecular weight is 235 g/mol. The minimum absolute atomic E-state index is 0.00463. The van der Waals surface area contributed by atoms with E-state index in [1.54, 1.807) is 0 Å². The Balaban J connectivity index is 2.62. The Labute approximate surface area is 101 Å². The van der Waals surface area contributed by atoms with E-state index in [9.17, 15) is 9.59 Å². The highest BCUT2D eigenvalue weighted by molar-refractivity contribution is 5.92. The molecule has 0 aliphatic carbocycles. The lowest BCUT2D eigenvalue weighted by molar-refractivity contribution is -0.138. The van der Waals surface area contributed by atoms with Gasteiger partial charge in [-0.1, -0.05) is 13.0 Å². The maximum Gasteiger partial charge on any atom is 0.303 e. The number of carboxylic acids is 1. The molecule has 1 rings (SSSR count). The van der Waals surface area contributed by atoms with Gasteiger partial charge in [0.05, 0.1) is 6.42 Å². The van der Waals surface area contributed by atoms with Crippen molar-refractivity contribution in [2.45, 2.75) is 33.1 Å². The van der Waals surface area contributed by atoms with Gasteiger partial charge in [0, 0.05) is 12.1 Å². The van der Waals surface area contributed by atoms with Gasteiger partial charge in [0.2, 0.25) is 5.91 Å². The lowest BCUT2D eigenvalue weighted by Gasteiger charge is -2.08. The third-order valence-corrected chi connectivity index (χ3v) is 2.58. The first kappa shape index (κ1) is 13.2. The fourth-order valence-electron chi connectivity index (χ4n) is 1.57. The second-order valence-corrected chi connectivity index (χ2v) is 3.94. The third kappa shape index (κ3) is 4.26. The fraction of sp³-hybridized carbons (Fsp3) is 0.385. The number of carbonyl (C=O) groups excluding carboxylic acids is 1. The number of amides is 1. The minimum Gasteiger partial charge on any atom is -0.481 e. The van der Waals surface area contributed by atoms with Crippen LogP contribution in [0, 0.1) is 6.92 Å². The Morgan fingerprint density at radius 2 is 2.00 bits per heavy atom. The number of aliphatic carboxylic acids is 1. The van der Waals surface area contributed by atoms with E-state index in [0.717, 1.165) is 12.1 Å². The molecule has 0 saturated heterocycles. The van der Waals surface area contributed by atoms with E-state index >= 15 is 0 Å². The van der Waals surface area contributed by atoms with E-state index < -0.39 is 5.97 Å². The summed E-state index contributed by atoms with van der Waals surface area (Å²) in [6, 6.07) is 5.70. The standard InChI is InChI=1S/C13H17NO3/c1-3-10-8-11(5-4-9(10)2)14-12(15)6-7-13(16)17/h4-5,8H,3,6-7H2,1-2H3,(H,14,15)(H,16,17). The van der Waals surface area contributed by atoms with Crippen molar-refractivity contribution >= 4 is 17.6 Å². The van der Waals surface area contributed by atoms with Crippen molar-refractivity contribution < 1.29 is 14.7 Å². The molecule has 1 aromatic carbocycles. The molecule has 0 spiro atoms. The molecule has 0 heterocycles. The molecular weight excluding hydrogens is 218 g/mol. The summed E-state index contributed by atoms with van der Waals surface area (Å²) >= 11 is 0. The van der Waals surface area contributed by atoms with Crippen molar-refractivity contribution in [3.63, 3.8) is 0 Å². The van der Waals surface area contributed by atoms with E-state index in [0.29, 0.717) is 0 Å². The zero-order chi connectivity index (χ0) is 12.8. The highest BCUT2D eigenvalue weighted by Crippen LogP contribution is 2.16. The number of benzene rings is 1. The van der Waals surface area contributed by atoms with Crippen LogP contribution in [0.4, 0.5) is 5.69 Å². The van der Waals surface area contributed by atoms with E-state index in [1.165, 1.54) is 11.1 Å². The molecule has 0 saturated carbocycles. The quantitative estimate of drug-likeness (QED) is 0.823. The molecule has 0 radical (unpaired) electrons. The molecule has 0 aliphatic rings. The van der Waals surface area contributed by atoms with Gasteiger partial charge in [-0.25, -0.2) is 0 Å². The van der Waals surface area contributed by atoms with Gasteiger partial charge in [-0.15, -0.1) is 0 Å². The number of rotatable bonds is 5. The lowest BCUT2D eigenvalue weighted by atomic mass is 10.1. The Morgan fingerprint density at radius 3 is 2.59 bits per heavy atom. The molecule has 4 nitrogen and oxygen atoms in total. The lowest BCUT2D eigenvalue weighted by Crippen LogP contribution is -2.13. The molecule has 0 fully saturated rings. The molecule has 4 heteroatoms. The minimum atomic E-state index is -0.960. The maximum atomic E-state index is 11.4. The summed E-state index contributed by atoms with van der Waals surface area (Å²) in [6.45, 7) is 4.08. The highest BCUT2D eigenvalue weighted by Gasteiger charge is 2.06. The summed E-state index contributed by atoms with van der Waals surface area (Å²) in [6.07, 6.45) is 0.771. The van der Waals surface area contributed by atoms with Crippen LogP contribution in [0.15, 0.2) is 18.2 Å². The third-order valence-electron chi connectivity index (χ3n) is 2.58. The molecule has 17 heavy (non-hydrogen) atoms. The Bertz CT molecular complexity index is 427. The molecular formula is C13H17NO3. The molecule has 0 bridgehead atoms. The van der Waals surface area contributed by atoms with Gasteiger partial charge in [0.25, 0.3) is 0 Å². The normalized spacial score (nSPS) is 10.0. The Morgan fingerprint density at radius 1 is 1.29 bits per heavy atom. The Hall–Kier alpha value is -1.84. The predicted octanol–water partition coefficient (Wildman–Crippen LogP) is 2.36. The van der Waals surface area contributed by atoms with Crippen molar-refractivity contribution in [3.8, 4) is 0 Å². The molecule has 0 aromatic heterocycles. The number of carbonyl (C=O) groups is 2. The molecule has 0 atom stereocenters. The topological polar surface area (TPSA) is 66.4 Å². The van der Waals surface area contributed by atoms with Crippen LogP contribution >= 0.6 is 0 Å². The summed E-state index contributed by atoms with van der Waals surface area (Å²) in [5.74, 6) is -1.23. The van der Waals surface area contributed by atoms with Crippen LogP contribution in [-0.2, 0) is 16.0 Å². The number of nitrogens with one attached hydrogen (secondary N) is 1. The molecule has 92 valence electrons. The van der Waals surface area contributed by atoms with E-state index in [-0.39, 0.29) is 18.7 Å². The van der Waals surface area contributed by atoms with Crippen molar-refractivity contribution in [1.29, 1.82) is 0 Å². The number of hydrogen-bond donors (Lipinski definition) is 2. The first-order valence-electron chi connectivity index (χ1n) is 5.64. The predicted molar refractivity (Wildman–Crippen MR) is 66.1 cm³/mol. The van der Waals surface area contributed by atoms with Crippen LogP contribution in [0.25, 0.3) is 0 Å². The highest BCUT2D eigenvalue weighted by atomic mass is 16.4. The summed E-state index contributed by atoms with van der Waals surface area (Å²) < 4.78 is 0. The van der Waals surface area contributed by atoms with Gasteiger partial charge < -0.3 is 10.4 Å². The summed E-state index contributed by atoms with van der Waals surface area (Å²) in [4.78, 5) is 21.7. The number of aryl methyl sites for hydroxylation is 2. The van der Waals surface area contributed by atoms with Crippen LogP contribution < -0.4 is 5.32 Å². The fourth-order valence-corrected chi connectivity index (χ4v) is 1.57. The van der Waals surface area contributed by atoms with E-state index in [1.807, 2.05) is 25.1 Å². The molecule has 1 aromatic rings. The average Bonchev–Trinajstić information content (AvgIpc) is 2.29. The van der Waals surface area contributed by atoms with Gasteiger partial charge in [-0.05, 0) is 36.6 Å². The summed E-state index contributed by atoms with van der Waals surface area (Å²) in [7, 11) is 0. The smallest absolute Gasteiger partial charge is 0.303 e.